The summed E-state index contributed by atoms with van der Waals surface area (Å²) in [7, 11) is -3.56. The van der Waals surface area contributed by atoms with Gasteiger partial charge in [-0.2, -0.15) is 0 Å². The average molecular weight is 669 g/mol. The molecule has 230 valence electrons. The minimum absolute atomic E-state index is 0.108. The number of carbonyl (C=O) groups is 2. The van der Waals surface area contributed by atoms with Gasteiger partial charge in [0.1, 0.15) is 6.04 Å². The van der Waals surface area contributed by atoms with Gasteiger partial charge in [0.15, 0.2) is 0 Å². The van der Waals surface area contributed by atoms with Crippen LogP contribution < -0.4 is 9.62 Å². The SMILES string of the molecule is Cc1ccccc1N(CCCC(=O)N(Cc1ccc(Br)cc1)C(Cc1ccccc1)C(=O)NC1CCCCC1)S(C)(=O)=O. The van der Waals surface area contributed by atoms with E-state index in [0.717, 1.165) is 46.8 Å². The molecule has 0 radical (unpaired) electrons. The number of sulfonamides is 1. The standard InChI is InChI=1S/C34H42BrN3O4S/c1-26-12-9-10-17-31(26)38(43(2,41)42)23-11-18-33(39)37(25-28-19-21-29(35)22-20-28)32(24-27-13-5-3-6-14-27)34(40)36-30-15-7-4-8-16-30/h3,5-6,9-10,12-14,17,19-22,30,32H,4,7-8,11,15-16,18,23-25H2,1-2H3,(H,36,40). The van der Waals surface area contributed by atoms with Gasteiger partial charge in [-0.25, -0.2) is 8.42 Å². The van der Waals surface area contributed by atoms with Crippen LogP contribution in [-0.4, -0.2) is 50.0 Å². The van der Waals surface area contributed by atoms with E-state index in [4.69, 9.17) is 0 Å². The summed E-state index contributed by atoms with van der Waals surface area (Å²) in [5.74, 6) is -0.320. The van der Waals surface area contributed by atoms with Crippen LogP contribution >= 0.6 is 15.9 Å². The zero-order valence-corrected chi connectivity index (χ0v) is 27.4. The fourth-order valence-corrected chi connectivity index (χ4v) is 7.00. The van der Waals surface area contributed by atoms with Crippen LogP contribution in [0.2, 0.25) is 0 Å². The molecule has 3 aromatic carbocycles. The first-order valence-corrected chi connectivity index (χ1v) is 17.7. The lowest BCUT2D eigenvalue weighted by Crippen LogP contribution is -2.52. The van der Waals surface area contributed by atoms with Crippen molar-refractivity contribution in [2.45, 2.75) is 76.9 Å². The van der Waals surface area contributed by atoms with Crippen LogP contribution in [0.5, 0.6) is 0 Å². The molecule has 3 aromatic rings. The fourth-order valence-electron chi connectivity index (χ4n) is 5.71. The summed E-state index contributed by atoms with van der Waals surface area (Å²) < 4.78 is 27.8. The van der Waals surface area contributed by atoms with E-state index in [1.807, 2.05) is 79.7 Å². The van der Waals surface area contributed by atoms with Gasteiger partial charge >= 0.3 is 0 Å². The second-order valence-corrected chi connectivity index (χ2v) is 14.2. The number of rotatable bonds is 13. The molecule has 9 heteroatoms. The number of amides is 2. The summed E-state index contributed by atoms with van der Waals surface area (Å²) in [6, 6.07) is 24.3. The summed E-state index contributed by atoms with van der Waals surface area (Å²) in [5, 5.41) is 3.26. The highest BCUT2D eigenvalue weighted by Gasteiger charge is 2.32. The predicted octanol–water partition coefficient (Wildman–Crippen LogP) is 6.39. The van der Waals surface area contributed by atoms with Crippen molar-refractivity contribution in [1.82, 2.24) is 10.2 Å². The topological polar surface area (TPSA) is 86.8 Å². The number of nitrogens with zero attached hydrogens (tertiary/aromatic N) is 2. The minimum Gasteiger partial charge on any atom is -0.352 e. The molecular weight excluding hydrogens is 626 g/mol. The molecule has 1 aliphatic carbocycles. The first kappa shape index (κ1) is 32.7. The van der Waals surface area contributed by atoms with Gasteiger partial charge < -0.3 is 10.2 Å². The van der Waals surface area contributed by atoms with Gasteiger partial charge in [0.25, 0.3) is 0 Å². The Bertz CT molecular complexity index is 1460. The first-order chi connectivity index (χ1) is 20.6. The Kier molecular flexibility index (Phi) is 11.8. The van der Waals surface area contributed by atoms with Crippen LogP contribution in [0.3, 0.4) is 0 Å². The molecule has 0 saturated heterocycles. The van der Waals surface area contributed by atoms with Crippen molar-refractivity contribution < 1.29 is 18.0 Å². The molecule has 0 aliphatic heterocycles. The summed E-state index contributed by atoms with van der Waals surface area (Å²) >= 11 is 3.48. The van der Waals surface area contributed by atoms with Crippen molar-refractivity contribution in [2.75, 3.05) is 17.1 Å². The molecule has 1 atom stereocenters. The van der Waals surface area contributed by atoms with E-state index < -0.39 is 16.1 Å². The van der Waals surface area contributed by atoms with Gasteiger partial charge in [0.05, 0.1) is 11.9 Å². The molecule has 0 bridgehead atoms. The van der Waals surface area contributed by atoms with Gasteiger partial charge in [-0.3, -0.25) is 13.9 Å². The van der Waals surface area contributed by atoms with Crippen molar-refractivity contribution in [3.8, 4) is 0 Å². The van der Waals surface area contributed by atoms with Crippen molar-refractivity contribution in [1.29, 1.82) is 0 Å². The van der Waals surface area contributed by atoms with E-state index in [1.54, 1.807) is 11.0 Å². The molecule has 0 aromatic heterocycles. The molecule has 1 aliphatic rings. The number of halogens is 1. The Morgan fingerprint density at radius 2 is 1.56 bits per heavy atom. The molecule has 1 saturated carbocycles. The van der Waals surface area contributed by atoms with E-state index in [-0.39, 0.29) is 37.4 Å². The summed E-state index contributed by atoms with van der Waals surface area (Å²) in [4.78, 5) is 29.7. The maximum atomic E-state index is 14.0. The molecule has 7 nitrogen and oxygen atoms in total. The normalized spacial score (nSPS) is 14.6. The Labute approximate surface area is 264 Å². The van der Waals surface area contributed by atoms with Crippen molar-refractivity contribution in [3.63, 3.8) is 0 Å². The van der Waals surface area contributed by atoms with E-state index in [1.165, 1.54) is 17.0 Å². The second-order valence-electron chi connectivity index (χ2n) is 11.4. The maximum Gasteiger partial charge on any atom is 0.243 e. The lowest BCUT2D eigenvalue weighted by atomic mass is 9.94. The summed E-state index contributed by atoms with van der Waals surface area (Å²) in [5.41, 5.74) is 3.34. The fraction of sp³-hybridized carbons (Fsp3) is 0.412. The highest BCUT2D eigenvalue weighted by Crippen LogP contribution is 2.24. The highest BCUT2D eigenvalue weighted by atomic mass is 79.9. The molecular formula is C34H42BrN3O4S. The summed E-state index contributed by atoms with van der Waals surface area (Å²) in [6.45, 7) is 2.31. The third kappa shape index (κ3) is 9.66. The molecule has 1 fully saturated rings. The first-order valence-electron chi connectivity index (χ1n) is 15.0. The molecule has 2 amide bonds. The smallest absolute Gasteiger partial charge is 0.243 e. The van der Waals surface area contributed by atoms with E-state index >= 15 is 0 Å². The quantitative estimate of drug-likeness (QED) is 0.229. The minimum atomic E-state index is -3.56. The lowest BCUT2D eigenvalue weighted by molar-refractivity contribution is -0.141. The van der Waals surface area contributed by atoms with Gasteiger partial charge in [0.2, 0.25) is 21.8 Å². The molecule has 0 heterocycles. The zero-order valence-electron chi connectivity index (χ0n) is 25.0. The monoisotopic (exact) mass is 667 g/mol. The number of para-hydroxylation sites is 1. The van der Waals surface area contributed by atoms with Crippen molar-refractivity contribution in [2.24, 2.45) is 0 Å². The highest BCUT2D eigenvalue weighted by molar-refractivity contribution is 9.10. The molecule has 0 spiro atoms. The van der Waals surface area contributed by atoms with Crippen molar-refractivity contribution in [3.05, 3.63) is 100 Å². The number of benzene rings is 3. The van der Waals surface area contributed by atoms with Gasteiger partial charge in [0, 0.05) is 36.4 Å². The molecule has 1 N–H and O–H groups in total. The van der Waals surface area contributed by atoms with Crippen LogP contribution in [-0.2, 0) is 32.6 Å². The largest absolute Gasteiger partial charge is 0.352 e. The predicted molar refractivity (Wildman–Crippen MR) is 176 cm³/mol. The third-order valence-corrected chi connectivity index (χ3v) is 9.73. The van der Waals surface area contributed by atoms with Crippen LogP contribution in [0.25, 0.3) is 0 Å². The van der Waals surface area contributed by atoms with Crippen LogP contribution in [0.1, 0.15) is 61.6 Å². The number of aryl methyl sites for hydroxylation is 1. The van der Waals surface area contributed by atoms with E-state index in [9.17, 15) is 18.0 Å². The van der Waals surface area contributed by atoms with Gasteiger partial charge in [-0.15, -0.1) is 0 Å². The maximum absolute atomic E-state index is 14.0. The lowest BCUT2D eigenvalue weighted by Gasteiger charge is -2.34. The van der Waals surface area contributed by atoms with Crippen molar-refractivity contribution >= 4 is 43.5 Å². The van der Waals surface area contributed by atoms with Crippen LogP contribution in [0, 0.1) is 6.92 Å². The number of nitrogens with one attached hydrogen (secondary N) is 1. The third-order valence-electron chi connectivity index (χ3n) is 8.03. The number of carbonyl (C=O) groups excluding carboxylic acids is 2. The molecule has 4 rings (SSSR count). The number of hydrogen-bond donors (Lipinski definition) is 1. The van der Waals surface area contributed by atoms with Gasteiger partial charge in [-0.1, -0.05) is 95.9 Å². The Balaban J connectivity index is 1.59. The van der Waals surface area contributed by atoms with E-state index in [2.05, 4.69) is 21.2 Å². The summed E-state index contributed by atoms with van der Waals surface area (Å²) in [6.07, 6.45) is 7.26. The van der Waals surface area contributed by atoms with Crippen LogP contribution in [0.15, 0.2) is 83.3 Å². The Morgan fingerprint density at radius 3 is 2.21 bits per heavy atom. The molecule has 43 heavy (non-hydrogen) atoms. The Morgan fingerprint density at radius 1 is 0.907 bits per heavy atom. The number of hydrogen-bond acceptors (Lipinski definition) is 4. The second kappa shape index (κ2) is 15.5. The Hall–Kier alpha value is -3.17. The zero-order chi connectivity index (χ0) is 30.8. The average Bonchev–Trinajstić information content (AvgIpc) is 2.99. The van der Waals surface area contributed by atoms with E-state index in [0.29, 0.717) is 18.5 Å². The van der Waals surface area contributed by atoms with Gasteiger partial charge in [-0.05, 0) is 61.1 Å². The van der Waals surface area contributed by atoms with Crippen LogP contribution in [0.4, 0.5) is 5.69 Å². The molecule has 1 unspecified atom stereocenters. The number of anilines is 1.